The molecular formula is C19H32IN3O2. The molecule has 0 aromatic heterocycles. The highest BCUT2D eigenvalue weighted by Gasteiger charge is 2.18. The third kappa shape index (κ3) is 7.92. The Balaban J connectivity index is 0.00000312. The number of aliphatic imine (C=N–C) groups is 1. The average molecular weight is 461 g/mol. The predicted molar refractivity (Wildman–Crippen MR) is 114 cm³/mol. The number of nitrogens with one attached hydrogen (secondary N) is 1. The topological polar surface area (TPSA) is 46.1 Å². The minimum absolute atomic E-state index is 0. The molecule has 1 N–H and O–H groups in total. The van der Waals surface area contributed by atoms with Gasteiger partial charge in [0.25, 0.3) is 0 Å². The van der Waals surface area contributed by atoms with Crippen LogP contribution in [0.4, 0.5) is 0 Å². The first kappa shape index (κ1) is 22.2. The summed E-state index contributed by atoms with van der Waals surface area (Å²) in [4.78, 5) is 7.16. The van der Waals surface area contributed by atoms with Crippen molar-refractivity contribution in [3.05, 3.63) is 35.4 Å². The van der Waals surface area contributed by atoms with E-state index < -0.39 is 0 Å². The molecule has 0 amide bonds. The van der Waals surface area contributed by atoms with Gasteiger partial charge in [0, 0.05) is 39.9 Å². The number of halogens is 1. The second-order valence-corrected chi connectivity index (χ2v) is 5.99. The minimum atomic E-state index is 0. The van der Waals surface area contributed by atoms with Gasteiger partial charge in [0.1, 0.15) is 0 Å². The molecule has 1 aliphatic heterocycles. The van der Waals surface area contributed by atoms with Gasteiger partial charge >= 0.3 is 0 Å². The van der Waals surface area contributed by atoms with Crippen molar-refractivity contribution < 1.29 is 9.47 Å². The Morgan fingerprint density at radius 2 is 1.96 bits per heavy atom. The van der Waals surface area contributed by atoms with Crippen molar-refractivity contribution in [3.8, 4) is 0 Å². The van der Waals surface area contributed by atoms with Crippen molar-refractivity contribution in [3.63, 3.8) is 0 Å². The van der Waals surface area contributed by atoms with Crippen LogP contribution in [0.2, 0.25) is 0 Å². The van der Waals surface area contributed by atoms with Crippen LogP contribution in [0, 0.1) is 0 Å². The molecule has 2 rings (SSSR count). The van der Waals surface area contributed by atoms with E-state index in [1.165, 1.54) is 11.1 Å². The predicted octanol–water partition coefficient (Wildman–Crippen LogP) is 3.07. The Bertz CT molecular complexity index is 511. The van der Waals surface area contributed by atoms with E-state index in [4.69, 9.17) is 14.5 Å². The summed E-state index contributed by atoms with van der Waals surface area (Å²) in [6.07, 6.45) is 3.18. The molecule has 0 radical (unpaired) electrons. The number of benzene rings is 1. The number of hydrogen-bond donors (Lipinski definition) is 1. The van der Waals surface area contributed by atoms with E-state index in [0.717, 1.165) is 58.0 Å². The first-order chi connectivity index (χ1) is 11.8. The van der Waals surface area contributed by atoms with Crippen LogP contribution in [-0.2, 0) is 22.4 Å². The Hall–Kier alpha value is -0.860. The van der Waals surface area contributed by atoms with Crippen molar-refractivity contribution in [2.24, 2.45) is 4.99 Å². The number of methoxy groups -OCH3 is 1. The molecule has 1 aliphatic rings. The summed E-state index contributed by atoms with van der Waals surface area (Å²) < 4.78 is 10.4. The largest absolute Gasteiger partial charge is 0.382 e. The number of ether oxygens (including phenoxy) is 2. The van der Waals surface area contributed by atoms with Crippen LogP contribution in [0.1, 0.15) is 30.9 Å². The lowest BCUT2D eigenvalue weighted by Crippen LogP contribution is -2.44. The summed E-state index contributed by atoms with van der Waals surface area (Å²) in [5.74, 6) is 1.03. The maximum Gasteiger partial charge on any atom is 0.194 e. The first-order valence-corrected chi connectivity index (χ1v) is 9.02. The zero-order valence-electron chi connectivity index (χ0n) is 15.5. The van der Waals surface area contributed by atoms with Gasteiger partial charge in [-0.1, -0.05) is 24.3 Å². The summed E-state index contributed by atoms with van der Waals surface area (Å²) in [7, 11) is 1.69. The van der Waals surface area contributed by atoms with Gasteiger partial charge in [-0.2, -0.15) is 0 Å². The third-order valence-electron chi connectivity index (χ3n) is 4.16. The molecule has 0 aliphatic carbocycles. The highest BCUT2D eigenvalue weighted by molar-refractivity contribution is 14.0. The van der Waals surface area contributed by atoms with E-state index in [1.54, 1.807) is 7.11 Å². The second-order valence-electron chi connectivity index (χ2n) is 5.99. The van der Waals surface area contributed by atoms with Crippen molar-refractivity contribution in [1.29, 1.82) is 0 Å². The molecule has 5 nitrogen and oxygen atoms in total. The first-order valence-electron chi connectivity index (χ1n) is 9.02. The normalized spacial score (nSPS) is 14.0. The van der Waals surface area contributed by atoms with E-state index >= 15 is 0 Å². The number of unbranched alkanes of at least 4 members (excludes halogenated alkanes) is 1. The maximum absolute atomic E-state index is 5.48. The van der Waals surface area contributed by atoms with Crippen molar-refractivity contribution in [2.45, 2.75) is 32.7 Å². The fraction of sp³-hybridized carbons (Fsp3) is 0.632. The van der Waals surface area contributed by atoms with E-state index in [1.807, 2.05) is 0 Å². The van der Waals surface area contributed by atoms with Crippen molar-refractivity contribution in [1.82, 2.24) is 10.2 Å². The van der Waals surface area contributed by atoms with Gasteiger partial charge in [-0.25, -0.2) is 0 Å². The molecule has 0 fully saturated rings. The molecule has 142 valence electrons. The van der Waals surface area contributed by atoms with Crippen molar-refractivity contribution in [2.75, 3.05) is 46.6 Å². The molecule has 1 aromatic rings. The van der Waals surface area contributed by atoms with Gasteiger partial charge in [-0.05, 0) is 37.3 Å². The standard InChI is InChI=1S/C19H31N3O2.HI/c1-3-20-19(21-11-6-7-13-24-15-14-23-2)22-12-10-17-8-4-5-9-18(17)16-22;/h4-5,8-9H,3,6-7,10-16H2,1-2H3,(H,20,21);1H. The zero-order chi connectivity index (χ0) is 17.0. The van der Waals surface area contributed by atoms with E-state index in [-0.39, 0.29) is 24.0 Å². The van der Waals surface area contributed by atoms with E-state index in [0.29, 0.717) is 13.2 Å². The number of fused-ring (bicyclic) bond motifs is 1. The quantitative estimate of drug-likeness (QED) is 0.266. The van der Waals surface area contributed by atoms with Crippen molar-refractivity contribution >= 4 is 29.9 Å². The van der Waals surface area contributed by atoms with Crippen LogP contribution in [0.15, 0.2) is 29.3 Å². The van der Waals surface area contributed by atoms with E-state index in [2.05, 4.69) is 41.4 Å². The highest BCUT2D eigenvalue weighted by atomic mass is 127. The lowest BCUT2D eigenvalue weighted by Gasteiger charge is -2.31. The molecule has 1 aromatic carbocycles. The van der Waals surface area contributed by atoms with E-state index in [9.17, 15) is 0 Å². The summed E-state index contributed by atoms with van der Waals surface area (Å²) in [5, 5.41) is 3.43. The molecule has 0 saturated carbocycles. The van der Waals surface area contributed by atoms with Gasteiger partial charge in [0.2, 0.25) is 0 Å². The number of hydrogen-bond acceptors (Lipinski definition) is 3. The van der Waals surface area contributed by atoms with Gasteiger partial charge in [-0.15, -0.1) is 24.0 Å². The smallest absolute Gasteiger partial charge is 0.194 e. The maximum atomic E-state index is 5.48. The molecule has 6 heteroatoms. The number of nitrogens with zero attached hydrogens (tertiary/aromatic N) is 2. The molecular weight excluding hydrogens is 429 g/mol. The third-order valence-corrected chi connectivity index (χ3v) is 4.16. The van der Waals surface area contributed by atoms with Gasteiger partial charge in [-0.3, -0.25) is 4.99 Å². The molecule has 1 heterocycles. The van der Waals surface area contributed by atoms with Crippen LogP contribution in [0.5, 0.6) is 0 Å². The number of guanidine groups is 1. The Morgan fingerprint density at radius 3 is 2.72 bits per heavy atom. The lowest BCUT2D eigenvalue weighted by atomic mass is 10.0. The number of rotatable bonds is 9. The molecule has 0 saturated heterocycles. The summed E-state index contributed by atoms with van der Waals surface area (Å²) in [6.45, 7) is 7.97. The molecule has 0 bridgehead atoms. The Morgan fingerprint density at radius 1 is 1.16 bits per heavy atom. The summed E-state index contributed by atoms with van der Waals surface area (Å²) >= 11 is 0. The van der Waals surface area contributed by atoms with Crippen LogP contribution < -0.4 is 5.32 Å². The SMILES string of the molecule is CCNC(=NCCCCOCCOC)N1CCc2ccccc2C1.I. The Labute approximate surface area is 169 Å². The zero-order valence-corrected chi connectivity index (χ0v) is 17.8. The average Bonchev–Trinajstić information content (AvgIpc) is 2.62. The fourth-order valence-electron chi connectivity index (χ4n) is 2.85. The van der Waals surface area contributed by atoms with Crippen LogP contribution in [0.25, 0.3) is 0 Å². The Kier molecular flexibility index (Phi) is 11.9. The van der Waals surface area contributed by atoms with Crippen LogP contribution in [0.3, 0.4) is 0 Å². The monoisotopic (exact) mass is 461 g/mol. The molecule has 25 heavy (non-hydrogen) atoms. The second kappa shape index (κ2) is 13.4. The van der Waals surface area contributed by atoms with Gasteiger partial charge in [0.05, 0.1) is 13.2 Å². The summed E-state index contributed by atoms with van der Waals surface area (Å²) in [6, 6.07) is 8.71. The van der Waals surface area contributed by atoms with Crippen LogP contribution in [-0.4, -0.2) is 57.4 Å². The molecule has 0 atom stereocenters. The molecule has 0 unspecified atom stereocenters. The summed E-state index contributed by atoms with van der Waals surface area (Å²) in [5.41, 5.74) is 2.89. The minimum Gasteiger partial charge on any atom is -0.382 e. The lowest BCUT2D eigenvalue weighted by molar-refractivity contribution is 0.0690. The van der Waals surface area contributed by atoms with Gasteiger partial charge in [0.15, 0.2) is 5.96 Å². The van der Waals surface area contributed by atoms with Crippen LogP contribution >= 0.6 is 24.0 Å². The van der Waals surface area contributed by atoms with Gasteiger partial charge < -0.3 is 19.7 Å². The fourth-order valence-corrected chi connectivity index (χ4v) is 2.85. The highest BCUT2D eigenvalue weighted by Crippen LogP contribution is 2.18. The molecule has 0 spiro atoms.